The van der Waals surface area contributed by atoms with Gasteiger partial charge in [-0.3, -0.25) is 4.55 Å². The Kier molecular flexibility index (Phi) is 5.34. The van der Waals surface area contributed by atoms with Crippen LogP contribution < -0.4 is 4.74 Å². The maximum atomic E-state index is 10.7. The average molecular weight is 394 g/mol. The molecule has 1 aromatic heterocycles. The third kappa shape index (κ3) is 4.65. The summed E-state index contributed by atoms with van der Waals surface area (Å²) in [6.45, 7) is 2.04. The van der Waals surface area contributed by atoms with Crippen LogP contribution in [0.4, 0.5) is 0 Å². The molecule has 1 aliphatic rings. The molecule has 136 valence electrons. The van der Waals surface area contributed by atoms with Gasteiger partial charge < -0.3 is 9.15 Å². The molecule has 0 atom stereocenters. The minimum Gasteiger partial charge on any atom is -0.492 e. The van der Waals surface area contributed by atoms with Gasteiger partial charge in [0, 0.05) is 11.6 Å². The number of rotatable bonds is 6. The van der Waals surface area contributed by atoms with Gasteiger partial charge in [0.15, 0.2) is 5.58 Å². The first kappa shape index (κ1) is 18.5. The first-order valence-corrected chi connectivity index (χ1v) is 9.81. The van der Waals surface area contributed by atoms with Crippen LogP contribution in [0.5, 0.6) is 5.75 Å². The van der Waals surface area contributed by atoms with Gasteiger partial charge in [-0.15, -0.1) is 5.73 Å². The molecule has 1 aromatic carbocycles. The Morgan fingerprint density at radius 2 is 2.15 bits per heavy atom. The van der Waals surface area contributed by atoms with Gasteiger partial charge in [-0.05, 0) is 43.2 Å². The average Bonchev–Trinajstić information content (AvgIpc) is 2.83. The molecule has 6 nitrogen and oxygen atoms in total. The van der Waals surface area contributed by atoms with Crippen molar-refractivity contribution in [2.75, 3.05) is 12.4 Å². The number of fused-ring (bicyclic) bond motifs is 1. The van der Waals surface area contributed by atoms with Crippen molar-refractivity contribution in [3.63, 3.8) is 0 Å². The first-order chi connectivity index (χ1) is 12.3. The second-order valence-corrected chi connectivity index (χ2v) is 7.69. The topological polar surface area (TPSA) is 89.6 Å². The van der Waals surface area contributed by atoms with Gasteiger partial charge >= 0.3 is 0 Å². The number of hydrogen-bond donors (Lipinski definition) is 1. The standard InChI is InChI=1S/C18H16ClNO5S/c1-12-4-2-5-13(7-6-12)18-20-15-10-14(19)16(11-17(15)25-18)24-8-3-9-26(21,22)23/h2,5-7,10-11H,3,8-9H2,1H3,(H,21,22,23). The Morgan fingerprint density at radius 1 is 1.35 bits per heavy atom. The quantitative estimate of drug-likeness (QED) is 0.449. The Balaban J connectivity index is 1.79. The molecule has 0 fully saturated rings. The first-order valence-electron chi connectivity index (χ1n) is 7.82. The summed E-state index contributed by atoms with van der Waals surface area (Å²) in [5.74, 6) is 0.435. The second kappa shape index (κ2) is 7.51. The predicted molar refractivity (Wildman–Crippen MR) is 99.9 cm³/mol. The highest BCUT2D eigenvalue weighted by Crippen LogP contribution is 2.32. The SMILES string of the molecule is CC1=C=CC=C(c2nc3cc(Cl)c(OCCCS(=O)(=O)O)cc3o2)C=C1. The predicted octanol–water partition coefficient (Wildman–Crippen LogP) is 4.19. The molecule has 0 spiro atoms. The van der Waals surface area contributed by atoms with Gasteiger partial charge in [0.05, 0.1) is 17.4 Å². The van der Waals surface area contributed by atoms with E-state index < -0.39 is 10.1 Å². The number of aromatic nitrogens is 1. The summed E-state index contributed by atoms with van der Waals surface area (Å²) in [6.07, 6.45) is 7.61. The molecule has 0 unspecified atom stereocenters. The fraction of sp³-hybridized carbons (Fsp3) is 0.222. The van der Waals surface area contributed by atoms with E-state index in [1.165, 1.54) is 0 Å². The van der Waals surface area contributed by atoms with Crippen molar-refractivity contribution in [3.8, 4) is 5.75 Å². The summed E-state index contributed by atoms with van der Waals surface area (Å²) < 4.78 is 41.4. The Morgan fingerprint density at radius 3 is 2.92 bits per heavy atom. The van der Waals surface area contributed by atoms with Crippen molar-refractivity contribution < 1.29 is 22.1 Å². The van der Waals surface area contributed by atoms with Crippen LogP contribution in [-0.4, -0.2) is 30.3 Å². The number of halogens is 1. The van der Waals surface area contributed by atoms with Crippen LogP contribution in [0, 0.1) is 0 Å². The summed E-state index contributed by atoms with van der Waals surface area (Å²) in [6, 6.07) is 3.24. The Labute approximate surface area is 155 Å². The molecule has 0 bridgehead atoms. The highest BCUT2D eigenvalue weighted by Gasteiger charge is 2.13. The van der Waals surface area contributed by atoms with Crippen molar-refractivity contribution in [3.05, 3.63) is 58.7 Å². The molecule has 0 saturated carbocycles. The van der Waals surface area contributed by atoms with E-state index in [1.54, 1.807) is 18.2 Å². The lowest BCUT2D eigenvalue weighted by molar-refractivity contribution is 0.316. The van der Waals surface area contributed by atoms with Crippen molar-refractivity contribution in [2.45, 2.75) is 13.3 Å². The van der Waals surface area contributed by atoms with Crippen LogP contribution in [0.1, 0.15) is 19.2 Å². The number of benzene rings is 1. The van der Waals surface area contributed by atoms with E-state index in [9.17, 15) is 8.42 Å². The van der Waals surface area contributed by atoms with Crippen LogP contribution in [0.15, 0.2) is 52.2 Å². The van der Waals surface area contributed by atoms with Gasteiger partial charge in [0.1, 0.15) is 11.3 Å². The van der Waals surface area contributed by atoms with E-state index >= 15 is 0 Å². The van der Waals surface area contributed by atoms with Gasteiger partial charge in [-0.25, -0.2) is 4.98 Å². The molecular weight excluding hydrogens is 378 g/mol. The number of ether oxygens (including phenoxy) is 1. The zero-order chi connectivity index (χ0) is 18.7. The zero-order valence-corrected chi connectivity index (χ0v) is 15.5. The number of nitrogens with zero attached hydrogens (tertiary/aromatic N) is 1. The lowest BCUT2D eigenvalue weighted by atomic mass is 10.2. The fourth-order valence-corrected chi connectivity index (χ4v) is 3.01. The van der Waals surface area contributed by atoms with Crippen molar-refractivity contribution in [1.82, 2.24) is 4.98 Å². The molecule has 0 saturated heterocycles. The monoisotopic (exact) mass is 393 g/mol. The van der Waals surface area contributed by atoms with Crippen LogP contribution in [0.2, 0.25) is 5.02 Å². The van der Waals surface area contributed by atoms with E-state index in [0.717, 1.165) is 11.1 Å². The van der Waals surface area contributed by atoms with E-state index in [-0.39, 0.29) is 18.8 Å². The number of oxazole rings is 1. The highest BCUT2D eigenvalue weighted by molar-refractivity contribution is 7.85. The lowest BCUT2D eigenvalue weighted by Crippen LogP contribution is -2.08. The van der Waals surface area contributed by atoms with Gasteiger partial charge in [-0.2, -0.15) is 8.42 Å². The normalized spacial score (nSPS) is 14.3. The van der Waals surface area contributed by atoms with E-state index in [2.05, 4.69) is 10.7 Å². The number of hydrogen-bond acceptors (Lipinski definition) is 5. The summed E-state index contributed by atoms with van der Waals surface area (Å²) in [4.78, 5) is 4.44. The number of allylic oxidation sites excluding steroid dienone is 5. The maximum absolute atomic E-state index is 10.7. The largest absolute Gasteiger partial charge is 0.492 e. The summed E-state index contributed by atoms with van der Waals surface area (Å²) in [7, 11) is -4.00. The van der Waals surface area contributed by atoms with Crippen molar-refractivity contribution in [2.24, 2.45) is 0 Å². The van der Waals surface area contributed by atoms with Gasteiger partial charge in [0.25, 0.3) is 10.1 Å². The molecule has 0 radical (unpaired) electrons. The minimum atomic E-state index is -4.00. The summed E-state index contributed by atoms with van der Waals surface area (Å²) >= 11 is 6.19. The smallest absolute Gasteiger partial charge is 0.264 e. The molecule has 0 aliphatic heterocycles. The zero-order valence-electron chi connectivity index (χ0n) is 13.9. The van der Waals surface area contributed by atoms with Crippen molar-refractivity contribution >= 4 is 38.4 Å². The summed E-state index contributed by atoms with van der Waals surface area (Å²) in [5.41, 5.74) is 5.98. The van der Waals surface area contributed by atoms with Crippen LogP contribution in [-0.2, 0) is 10.1 Å². The molecule has 1 heterocycles. The Hall–Kier alpha value is -2.31. The molecule has 2 aromatic rings. The molecular formula is C18H16ClNO5S. The van der Waals surface area contributed by atoms with Crippen LogP contribution in [0.3, 0.4) is 0 Å². The van der Waals surface area contributed by atoms with Gasteiger partial charge in [-0.1, -0.05) is 17.7 Å². The third-order valence-electron chi connectivity index (χ3n) is 3.58. The Bertz CT molecular complexity index is 1070. The third-order valence-corrected chi connectivity index (χ3v) is 4.68. The maximum Gasteiger partial charge on any atom is 0.264 e. The molecule has 3 rings (SSSR count). The fourth-order valence-electron chi connectivity index (χ4n) is 2.31. The summed E-state index contributed by atoms with van der Waals surface area (Å²) in [5, 5.41) is 0.340. The van der Waals surface area contributed by atoms with E-state index in [4.69, 9.17) is 25.3 Å². The molecule has 1 aliphatic carbocycles. The molecule has 1 N–H and O–H groups in total. The van der Waals surface area contributed by atoms with E-state index in [1.807, 2.05) is 25.2 Å². The molecule has 26 heavy (non-hydrogen) atoms. The second-order valence-electron chi connectivity index (χ2n) is 5.71. The van der Waals surface area contributed by atoms with Crippen molar-refractivity contribution in [1.29, 1.82) is 0 Å². The molecule has 8 heteroatoms. The highest BCUT2D eigenvalue weighted by atomic mass is 35.5. The van der Waals surface area contributed by atoms with Crippen LogP contribution in [0.25, 0.3) is 16.7 Å². The minimum absolute atomic E-state index is 0.0929. The molecule has 0 amide bonds. The van der Waals surface area contributed by atoms with E-state index in [0.29, 0.717) is 27.8 Å². The lowest BCUT2D eigenvalue weighted by Gasteiger charge is -2.06. The van der Waals surface area contributed by atoms with Gasteiger partial charge in [0.2, 0.25) is 5.89 Å². The van der Waals surface area contributed by atoms with Crippen LogP contribution >= 0.6 is 11.6 Å².